The van der Waals surface area contributed by atoms with Crippen molar-refractivity contribution in [3.8, 4) is 0 Å². The van der Waals surface area contributed by atoms with E-state index in [0.717, 1.165) is 27.1 Å². The van der Waals surface area contributed by atoms with E-state index in [4.69, 9.17) is 23.8 Å². The van der Waals surface area contributed by atoms with E-state index in [2.05, 4.69) is 0 Å². The Balaban J connectivity index is 1.69. The minimum atomic E-state index is -0.457. The second-order valence-electron chi connectivity index (χ2n) is 6.86. The van der Waals surface area contributed by atoms with Crippen molar-refractivity contribution in [2.45, 2.75) is 16.7 Å². The first-order chi connectivity index (χ1) is 15.3. The molecule has 1 fully saturated rings. The molecule has 1 aliphatic heterocycles. The maximum absolute atomic E-state index is 13.1. The monoisotopic (exact) mass is 498 g/mol. The molecule has 1 heterocycles. The standard InChI is InChI=1S/C23H15ClN2O3S3/c1-14-6-8-16(9-7-14)31-17-10-11-19(26(28)29)15(12-17)13-21-22(27)25(23(30)32-21)20-5-3-2-4-18(20)24/h2-13H,1H3. The number of carbonyl (C=O) groups excluding carboxylic acids is 1. The molecule has 3 aromatic carbocycles. The number of nitro groups is 1. The first-order valence-electron chi connectivity index (χ1n) is 9.39. The van der Waals surface area contributed by atoms with Crippen LogP contribution in [0.2, 0.25) is 5.02 Å². The Kier molecular flexibility index (Phi) is 6.66. The van der Waals surface area contributed by atoms with Crippen LogP contribution < -0.4 is 4.90 Å². The van der Waals surface area contributed by atoms with Crippen molar-refractivity contribution in [3.05, 3.63) is 97.9 Å². The number of aryl methyl sites for hydroxylation is 1. The molecule has 0 aromatic heterocycles. The minimum Gasteiger partial charge on any atom is -0.268 e. The van der Waals surface area contributed by atoms with E-state index < -0.39 is 4.92 Å². The highest BCUT2D eigenvalue weighted by molar-refractivity contribution is 8.27. The number of amides is 1. The van der Waals surface area contributed by atoms with Crippen molar-refractivity contribution < 1.29 is 9.72 Å². The third-order valence-corrected chi connectivity index (χ3v) is 7.25. The third-order valence-electron chi connectivity index (χ3n) is 4.63. The molecule has 0 saturated carbocycles. The molecule has 9 heteroatoms. The van der Waals surface area contributed by atoms with Crippen molar-refractivity contribution in [1.29, 1.82) is 0 Å². The molecule has 0 unspecified atom stereocenters. The average Bonchev–Trinajstić information content (AvgIpc) is 3.03. The van der Waals surface area contributed by atoms with Crippen LogP contribution in [0.4, 0.5) is 11.4 Å². The summed E-state index contributed by atoms with van der Waals surface area (Å²) in [6.45, 7) is 2.01. The van der Waals surface area contributed by atoms with Crippen molar-refractivity contribution in [2.24, 2.45) is 0 Å². The predicted octanol–water partition coefficient (Wildman–Crippen LogP) is 7.11. The number of benzene rings is 3. The van der Waals surface area contributed by atoms with E-state index in [0.29, 0.717) is 25.5 Å². The number of carbonyl (C=O) groups is 1. The van der Waals surface area contributed by atoms with Gasteiger partial charge in [0.25, 0.3) is 11.6 Å². The second kappa shape index (κ2) is 9.46. The van der Waals surface area contributed by atoms with Gasteiger partial charge in [0.2, 0.25) is 0 Å². The zero-order valence-electron chi connectivity index (χ0n) is 16.7. The summed E-state index contributed by atoms with van der Waals surface area (Å²) in [5.74, 6) is -0.362. The number of hydrogen-bond acceptors (Lipinski definition) is 6. The smallest absolute Gasteiger partial charge is 0.268 e. The molecule has 1 saturated heterocycles. The second-order valence-corrected chi connectivity index (χ2v) is 10.1. The van der Waals surface area contributed by atoms with Gasteiger partial charge in [-0.25, -0.2) is 0 Å². The Morgan fingerprint density at radius 1 is 1.09 bits per heavy atom. The first kappa shape index (κ1) is 22.5. The average molecular weight is 499 g/mol. The molecule has 0 N–H and O–H groups in total. The number of nitrogens with zero attached hydrogens (tertiary/aromatic N) is 2. The fourth-order valence-corrected chi connectivity index (χ4v) is 5.43. The van der Waals surface area contributed by atoms with Crippen LogP contribution in [0.25, 0.3) is 6.08 Å². The fourth-order valence-electron chi connectivity index (χ4n) is 3.07. The van der Waals surface area contributed by atoms with E-state index >= 15 is 0 Å². The highest BCUT2D eigenvalue weighted by atomic mass is 35.5. The molecular weight excluding hydrogens is 484 g/mol. The number of hydrogen-bond donors (Lipinski definition) is 0. The van der Waals surface area contributed by atoms with Gasteiger partial charge >= 0.3 is 0 Å². The van der Waals surface area contributed by atoms with Crippen LogP contribution in [0.15, 0.2) is 81.4 Å². The van der Waals surface area contributed by atoms with Gasteiger partial charge in [0, 0.05) is 15.9 Å². The first-order valence-corrected chi connectivity index (χ1v) is 11.8. The van der Waals surface area contributed by atoms with Crippen LogP contribution in [-0.2, 0) is 4.79 Å². The van der Waals surface area contributed by atoms with Crippen molar-refractivity contribution >= 4 is 75.0 Å². The van der Waals surface area contributed by atoms with Crippen molar-refractivity contribution in [1.82, 2.24) is 0 Å². The fraction of sp³-hybridized carbons (Fsp3) is 0.0435. The molecule has 3 aromatic rings. The Morgan fingerprint density at radius 2 is 1.78 bits per heavy atom. The van der Waals surface area contributed by atoms with Gasteiger partial charge in [-0.05, 0) is 49.4 Å². The van der Waals surface area contributed by atoms with Gasteiger partial charge in [0.15, 0.2) is 4.32 Å². The number of thioether (sulfide) groups is 1. The molecular formula is C23H15ClN2O3S3. The van der Waals surface area contributed by atoms with Gasteiger partial charge in [-0.15, -0.1) is 0 Å². The number of thiocarbonyl (C=S) groups is 1. The number of anilines is 1. The van der Waals surface area contributed by atoms with Gasteiger partial charge in [0.1, 0.15) is 0 Å². The predicted molar refractivity (Wildman–Crippen MR) is 136 cm³/mol. The Hall–Kier alpha value is -2.65. The lowest BCUT2D eigenvalue weighted by atomic mass is 10.1. The van der Waals surface area contributed by atoms with Gasteiger partial charge in [-0.1, -0.05) is 77.2 Å². The van der Waals surface area contributed by atoms with E-state index in [9.17, 15) is 14.9 Å². The molecule has 0 spiro atoms. The lowest BCUT2D eigenvalue weighted by molar-refractivity contribution is -0.385. The quantitative estimate of drug-likeness (QED) is 0.161. The van der Waals surface area contributed by atoms with Crippen LogP contribution in [-0.4, -0.2) is 15.2 Å². The number of halogens is 1. The van der Waals surface area contributed by atoms with Gasteiger partial charge in [0.05, 0.1) is 26.1 Å². The third kappa shape index (κ3) is 4.73. The van der Waals surface area contributed by atoms with Crippen LogP contribution >= 0.6 is 47.3 Å². The van der Waals surface area contributed by atoms with Crippen LogP contribution in [0, 0.1) is 17.0 Å². The maximum atomic E-state index is 13.1. The SMILES string of the molecule is Cc1ccc(Sc2ccc([N+](=O)[O-])c(C=C3SC(=S)N(c4ccccc4Cl)C3=O)c2)cc1. The summed E-state index contributed by atoms with van der Waals surface area (Å²) in [5, 5.41) is 12.0. The number of rotatable bonds is 5. The lowest BCUT2D eigenvalue weighted by Gasteiger charge is -2.15. The molecule has 160 valence electrons. The summed E-state index contributed by atoms with van der Waals surface area (Å²) in [6.07, 6.45) is 1.52. The van der Waals surface area contributed by atoms with E-state index in [1.165, 1.54) is 28.8 Å². The molecule has 1 amide bonds. The Morgan fingerprint density at radius 3 is 2.47 bits per heavy atom. The van der Waals surface area contributed by atoms with Crippen LogP contribution in [0.5, 0.6) is 0 Å². The largest absolute Gasteiger partial charge is 0.276 e. The van der Waals surface area contributed by atoms with E-state index in [1.807, 2.05) is 31.2 Å². The van der Waals surface area contributed by atoms with Gasteiger partial charge < -0.3 is 0 Å². The summed E-state index contributed by atoms with van der Waals surface area (Å²) in [4.78, 5) is 27.7. The Bertz CT molecular complexity index is 1280. The highest BCUT2D eigenvalue weighted by Crippen LogP contribution is 2.40. The molecule has 0 atom stereocenters. The van der Waals surface area contributed by atoms with Crippen LogP contribution in [0.1, 0.15) is 11.1 Å². The maximum Gasteiger partial charge on any atom is 0.276 e. The zero-order chi connectivity index (χ0) is 22.8. The Labute approximate surface area is 203 Å². The highest BCUT2D eigenvalue weighted by Gasteiger charge is 2.34. The number of nitro benzene ring substituents is 1. The molecule has 1 aliphatic rings. The van der Waals surface area contributed by atoms with E-state index in [-0.39, 0.29) is 11.6 Å². The van der Waals surface area contributed by atoms with E-state index in [1.54, 1.807) is 36.4 Å². The molecule has 4 rings (SSSR count). The summed E-state index contributed by atoms with van der Waals surface area (Å²) >= 11 is 14.2. The van der Waals surface area contributed by atoms with Crippen molar-refractivity contribution in [3.63, 3.8) is 0 Å². The van der Waals surface area contributed by atoms with Crippen LogP contribution in [0.3, 0.4) is 0 Å². The van der Waals surface area contributed by atoms with Crippen molar-refractivity contribution in [2.75, 3.05) is 4.90 Å². The topological polar surface area (TPSA) is 63.5 Å². The lowest BCUT2D eigenvalue weighted by Crippen LogP contribution is -2.27. The minimum absolute atomic E-state index is 0.0822. The summed E-state index contributed by atoms with van der Waals surface area (Å²) < 4.78 is 0.321. The molecule has 32 heavy (non-hydrogen) atoms. The summed E-state index contributed by atoms with van der Waals surface area (Å²) in [7, 11) is 0. The normalized spacial score (nSPS) is 14.9. The zero-order valence-corrected chi connectivity index (χ0v) is 19.9. The molecule has 5 nitrogen and oxygen atoms in total. The number of para-hydroxylation sites is 1. The summed E-state index contributed by atoms with van der Waals surface area (Å²) in [5.41, 5.74) is 1.89. The van der Waals surface area contributed by atoms with Gasteiger partial charge in [-0.2, -0.15) is 0 Å². The molecule has 0 bridgehead atoms. The molecule has 0 radical (unpaired) electrons. The summed E-state index contributed by atoms with van der Waals surface area (Å²) in [6, 6.07) is 19.8. The van der Waals surface area contributed by atoms with Gasteiger partial charge in [-0.3, -0.25) is 19.8 Å². The molecule has 0 aliphatic carbocycles.